The number of amides is 2. The van der Waals surface area contributed by atoms with E-state index in [9.17, 15) is 14.4 Å². The summed E-state index contributed by atoms with van der Waals surface area (Å²) in [5.41, 5.74) is 2.46. The Labute approximate surface area is 184 Å². The minimum atomic E-state index is -0.715. The zero-order chi connectivity index (χ0) is 22.8. The van der Waals surface area contributed by atoms with Crippen LogP contribution in [0.5, 0.6) is 0 Å². The molecule has 31 heavy (non-hydrogen) atoms. The molecule has 0 aliphatic heterocycles. The van der Waals surface area contributed by atoms with Gasteiger partial charge in [-0.05, 0) is 43.9 Å². The van der Waals surface area contributed by atoms with E-state index in [-0.39, 0.29) is 36.9 Å². The molecule has 0 fully saturated rings. The first-order valence-corrected chi connectivity index (χ1v) is 10.7. The SMILES string of the molecule is CCOC(=O)[C@@H](CNC(=O)[C@@H](NC(=O)c1cccc(C)c1)C(C)C)Cc1ccccc1. The Morgan fingerprint density at radius 3 is 2.32 bits per heavy atom. The largest absolute Gasteiger partial charge is 0.466 e. The van der Waals surface area contributed by atoms with E-state index in [4.69, 9.17) is 4.74 Å². The molecule has 0 heterocycles. The highest BCUT2D eigenvalue weighted by atomic mass is 16.5. The van der Waals surface area contributed by atoms with Crippen LogP contribution in [-0.4, -0.2) is 37.0 Å². The molecule has 0 aromatic heterocycles. The number of carbonyl (C=O) groups is 3. The van der Waals surface area contributed by atoms with Crippen LogP contribution in [-0.2, 0) is 20.7 Å². The van der Waals surface area contributed by atoms with Crippen molar-refractivity contribution in [2.24, 2.45) is 11.8 Å². The first kappa shape index (κ1) is 24.1. The molecule has 0 aliphatic carbocycles. The fourth-order valence-corrected chi connectivity index (χ4v) is 3.28. The maximum absolute atomic E-state index is 12.9. The van der Waals surface area contributed by atoms with E-state index >= 15 is 0 Å². The molecule has 0 bridgehead atoms. The molecule has 6 nitrogen and oxygen atoms in total. The molecule has 2 atom stereocenters. The molecule has 2 aromatic carbocycles. The Morgan fingerprint density at radius 2 is 1.71 bits per heavy atom. The van der Waals surface area contributed by atoms with Crippen molar-refractivity contribution >= 4 is 17.8 Å². The fraction of sp³-hybridized carbons (Fsp3) is 0.400. The lowest BCUT2D eigenvalue weighted by Crippen LogP contribution is -2.51. The van der Waals surface area contributed by atoms with Gasteiger partial charge in [0.2, 0.25) is 5.91 Å². The number of carbonyl (C=O) groups excluding carboxylic acids is 3. The maximum atomic E-state index is 12.9. The Bertz CT molecular complexity index is 880. The molecule has 0 saturated carbocycles. The van der Waals surface area contributed by atoms with Gasteiger partial charge in [0.15, 0.2) is 0 Å². The number of hydrogen-bond donors (Lipinski definition) is 2. The molecule has 2 N–H and O–H groups in total. The summed E-state index contributed by atoms with van der Waals surface area (Å²) < 4.78 is 5.19. The van der Waals surface area contributed by atoms with E-state index in [1.165, 1.54) is 0 Å². The van der Waals surface area contributed by atoms with Gasteiger partial charge in [-0.1, -0.05) is 61.9 Å². The molecule has 2 aromatic rings. The van der Waals surface area contributed by atoms with Gasteiger partial charge >= 0.3 is 5.97 Å². The van der Waals surface area contributed by atoms with E-state index in [1.54, 1.807) is 19.1 Å². The van der Waals surface area contributed by atoms with Crippen molar-refractivity contribution in [3.05, 3.63) is 71.3 Å². The van der Waals surface area contributed by atoms with Crippen LogP contribution >= 0.6 is 0 Å². The van der Waals surface area contributed by atoms with Crippen LogP contribution in [0.1, 0.15) is 42.3 Å². The fourth-order valence-electron chi connectivity index (χ4n) is 3.28. The molecule has 166 valence electrons. The molecular formula is C25H32N2O4. The van der Waals surface area contributed by atoms with E-state index in [2.05, 4.69) is 10.6 Å². The third-order valence-corrected chi connectivity index (χ3v) is 4.98. The summed E-state index contributed by atoms with van der Waals surface area (Å²) in [6.45, 7) is 7.81. The standard InChI is InChI=1S/C25H32N2O4/c1-5-31-25(30)21(15-19-11-7-6-8-12-19)16-26-24(29)22(17(2)3)27-23(28)20-13-9-10-18(4)14-20/h6-14,17,21-22H,5,15-16H2,1-4H3,(H,26,29)(H,27,28)/t21-,22+/m1/s1. The normalized spacial score (nSPS) is 12.7. The third-order valence-electron chi connectivity index (χ3n) is 4.98. The summed E-state index contributed by atoms with van der Waals surface area (Å²) in [6, 6.07) is 16.1. The summed E-state index contributed by atoms with van der Waals surface area (Å²) in [5.74, 6) is -1.60. The van der Waals surface area contributed by atoms with Crippen molar-refractivity contribution in [2.75, 3.05) is 13.2 Å². The average molecular weight is 425 g/mol. The molecule has 0 aliphatic rings. The predicted octanol–water partition coefficient (Wildman–Crippen LogP) is 3.29. The van der Waals surface area contributed by atoms with Crippen molar-refractivity contribution in [3.63, 3.8) is 0 Å². The van der Waals surface area contributed by atoms with Crippen LogP contribution < -0.4 is 10.6 Å². The van der Waals surface area contributed by atoms with Gasteiger partial charge in [-0.2, -0.15) is 0 Å². The molecule has 6 heteroatoms. The van der Waals surface area contributed by atoms with Crippen LogP contribution in [0.3, 0.4) is 0 Å². The van der Waals surface area contributed by atoms with Crippen molar-refractivity contribution in [2.45, 2.75) is 40.2 Å². The molecular weight excluding hydrogens is 392 g/mol. The summed E-state index contributed by atoms with van der Waals surface area (Å²) in [4.78, 5) is 37.9. The van der Waals surface area contributed by atoms with Gasteiger partial charge in [-0.25, -0.2) is 0 Å². The van der Waals surface area contributed by atoms with Gasteiger partial charge in [0.1, 0.15) is 6.04 Å². The molecule has 0 saturated heterocycles. The van der Waals surface area contributed by atoms with E-state index < -0.39 is 12.0 Å². The number of esters is 1. The van der Waals surface area contributed by atoms with Crippen LogP contribution in [0.4, 0.5) is 0 Å². The van der Waals surface area contributed by atoms with Crippen molar-refractivity contribution < 1.29 is 19.1 Å². The second-order valence-corrected chi connectivity index (χ2v) is 7.95. The quantitative estimate of drug-likeness (QED) is 0.573. The van der Waals surface area contributed by atoms with Crippen LogP contribution in [0.25, 0.3) is 0 Å². The maximum Gasteiger partial charge on any atom is 0.311 e. The van der Waals surface area contributed by atoms with Crippen molar-refractivity contribution in [1.29, 1.82) is 0 Å². The van der Waals surface area contributed by atoms with Crippen molar-refractivity contribution in [1.82, 2.24) is 10.6 Å². The third kappa shape index (κ3) is 7.55. The Balaban J connectivity index is 2.05. The topological polar surface area (TPSA) is 84.5 Å². The Morgan fingerprint density at radius 1 is 1.00 bits per heavy atom. The van der Waals surface area contributed by atoms with Crippen LogP contribution in [0, 0.1) is 18.8 Å². The summed E-state index contributed by atoms with van der Waals surface area (Å²) >= 11 is 0. The average Bonchev–Trinajstić information content (AvgIpc) is 2.75. The minimum Gasteiger partial charge on any atom is -0.466 e. The highest BCUT2D eigenvalue weighted by molar-refractivity contribution is 5.97. The highest BCUT2D eigenvalue weighted by Crippen LogP contribution is 2.12. The lowest BCUT2D eigenvalue weighted by atomic mass is 9.98. The molecule has 2 amide bonds. The number of rotatable bonds is 10. The van der Waals surface area contributed by atoms with Gasteiger partial charge < -0.3 is 15.4 Å². The Hall–Kier alpha value is -3.15. The molecule has 0 spiro atoms. The lowest BCUT2D eigenvalue weighted by Gasteiger charge is -2.23. The number of ether oxygens (including phenoxy) is 1. The monoisotopic (exact) mass is 424 g/mol. The van der Waals surface area contributed by atoms with Gasteiger partial charge in [-0.3, -0.25) is 14.4 Å². The van der Waals surface area contributed by atoms with Gasteiger partial charge in [0.25, 0.3) is 5.91 Å². The summed E-state index contributed by atoms with van der Waals surface area (Å²) in [7, 11) is 0. The van der Waals surface area contributed by atoms with Gasteiger partial charge in [0, 0.05) is 12.1 Å². The summed E-state index contributed by atoms with van der Waals surface area (Å²) in [5, 5.41) is 5.66. The minimum absolute atomic E-state index is 0.121. The van der Waals surface area contributed by atoms with Gasteiger partial charge in [0.05, 0.1) is 12.5 Å². The van der Waals surface area contributed by atoms with Crippen LogP contribution in [0.15, 0.2) is 54.6 Å². The zero-order valence-corrected chi connectivity index (χ0v) is 18.7. The second kappa shape index (κ2) is 11.9. The number of hydrogen-bond acceptors (Lipinski definition) is 4. The molecule has 0 radical (unpaired) electrons. The zero-order valence-electron chi connectivity index (χ0n) is 18.7. The second-order valence-electron chi connectivity index (χ2n) is 7.95. The molecule has 0 unspecified atom stereocenters. The number of aryl methyl sites for hydroxylation is 1. The predicted molar refractivity (Wildman–Crippen MR) is 121 cm³/mol. The van der Waals surface area contributed by atoms with E-state index in [0.717, 1.165) is 11.1 Å². The molecule has 2 rings (SSSR count). The Kier molecular flexibility index (Phi) is 9.25. The van der Waals surface area contributed by atoms with Crippen LogP contribution in [0.2, 0.25) is 0 Å². The van der Waals surface area contributed by atoms with Crippen molar-refractivity contribution in [3.8, 4) is 0 Å². The smallest absolute Gasteiger partial charge is 0.311 e. The lowest BCUT2D eigenvalue weighted by molar-refractivity contribution is -0.147. The first-order chi connectivity index (χ1) is 14.8. The first-order valence-electron chi connectivity index (χ1n) is 10.7. The number of benzene rings is 2. The van der Waals surface area contributed by atoms with Gasteiger partial charge in [-0.15, -0.1) is 0 Å². The highest BCUT2D eigenvalue weighted by Gasteiger charge is 2.27. The van der Waals surface area contributed by atoms with E-state index in [0.29, 0.717) is 12.0 Å². The summed E-state index contributed by atoms with van der Waals surface area (Å²) in [6.07, 6.45) is 0.460. The van der Waals surface area contributed by atoms with E-state index in [1.807, 2.05) is 63.2 Å². The number of nitrogens with one attached hydrogen (secondary N) is 2.